The summed E-state index contributed by atoms with van der Waals surface area (Å²) in [4.78, 5) is 32.1. The molecule has 1 amide bonds. The van der Waals surface area contributed by atoms with Crippen LogP contribution in [0.5, 0.6) is 5.88 Å². The number of aromatic hydroxyl groups is 1. The van der Waals surface area contributed by atoms with Crippen LogP contribution in [0.1, 0.15) is 33.3 Å². The van der Waals surface area contributed by atoms with Crippen molar-refractivity contribution in [3.05, 3.63) is 15.9 Å². The van der Waals surface area contributed by atoms with Crippen LogP contribution in [0.25, 0.3) is 0 Å². The first-order valence-electron chi connectivity index (χ1n) is 7.11. The summed E-state index contributed by atoms with van der Waals surface area (Å²) >= 11 is 1.13. The SMILES string of the molecule is CCN(CC)C(=O)CSc1nc(O)c(CC(C)C)c(=O)[nH]1. The largest absolute Gasteiger partial charge is 0.493 e. The van der Waals surface area contributed by atoms with E-state index in [1.54, 1.807) is 4.90 Å². The summed E-state index contributed by atoms with van der Waals surface area (Å²) in [5.74, 6) is 0.179. The third-order valence-electron chi connectivity index (χ3n) is 3.03. The first kappa shape index (κ1) is 17.6. The minimum Gasteiger partial charge on any atom is -0.493 e. The molecule has 0 saturated heterocycles. The maximum Gasteiger partial charge on any atom is 0.258 e. The van der Waals surface area contributed by atoms with Crippen LogP contribution in [0, 0.1) is 5.92 Å². The van der Waals surface area contributed by atoms with Gasteiger partial charge in [0.2, 0.25) is 11.8 Å². The van der Waals surface area contributed by atoms with E-state index in [4.69, 9.17) is 0 Å². The van der Waals surface area contributed by atoms with Crippen LogP contribution in [0.4, 0.5) is 0 Å². The van der Waals surface area contributed by atoms with Gasteiger partial charge in [0.1, 0.15) is 0 Å². The van der Waals surface area contributed by atoms with Gasteiger partial charge in [-0.2, -0.15) is 4.98 Å². The van der Waals surface area contributed by atoms with E-state index in [0.29, 0.717) is 25.1 Å². The van der Waals surface area contributed by atoms with E-state index in [-0.39, 0.29) is 34.2 Å². The Morgan fingerprint density at radius 3 is 2.48 bits per heavy atom. The molecule has 2 N–H and O–H groups in total. The smallest absolute Gasteiger partial charge is 0.258 e. The molecule has 0 aromatic carbocycles. The summed E-state index contributed by atoms with van der Waals surface area (Å²) in [5, 5.41) is 10.1. The van der Waals surface area contributed by atoms with Crippen LogP contribution in [0.3, 0.4) is 0 Å². The minimum absolute atomic E-state index is 0.0154. The van der Waals surface area contributed by atoms with Gasteiger partial charge in [-0.25, -0.2) is 0 Å². The summed E-state index contributed by atoms with van der Waals surface area (Å²) < 4.78 is 0. The molecular formula is C14H23N3O3S. The number of nitrogens with one attached hydrogen (secondary N) is 1. The van der Waals surface area contributed by atoms with E-state index in [1.165, 1.54) is 0 Å². The Labute approximate surface area is 129 Å². The van der Waals surface area contributed by atoms with Crippen LogP contribution in [0.15, 0.2) is 9.95 Å². The lowest BCUT2D eigenvalue weighted by Crippen LogP contribution is -2.32. The fourth-order valence-electron chi connectivity index (χ4n) is 1.92. The normalized spacial score (nSPS) is 10.9. The second-order valence-corrected chi connectivity index (χ2v) is 6.09. The van der Waals surface area contributed by atoms with Crippen LogP contribution >= 0.6 is 11.8 Å². The summed E-state index contributed by atoms with van der Waals surface area (Å²) in [6.07, 6.45) is 0.470. The van der Waals surface area contributed by atoms with Gasteiger partial charge in [-0.05, 0) is 26.2 Å². The lowest BCUT2D eigenvalue weighted by atomic mass is 10.1. The third kappa shape index (κ3) is 5.08. The molecule has 0 radical (unpaired) electrons. The van der Waals surface area contributed by atoms with Crippen molar-refractivity contribution in [3.63, 3.8) is 0 Å². The van der Waals surface area contributed by atoms with Crippen LogP contribution in [-0.2, 0) is 11.2 Å². The quantitative estimate of drug-likeness (QED) is 0.590. The predicted molar refractivity (Wildman–Crippen MR) is 83.7 cm³/mol. The van der Waals surface area contributed by atoms with Crippen LogP contribution in [0.2, 0.25) is 0 Å². The van der Waals surface area contributed by atoms with Crippen molar-refractivity contribution >= 4 is 17.7 Å². The number of nitrogens with zero attached hydrogens (tertiary/aromatic N) is 2. The molecule has 1 rings (SSSR count). The predicted octanol–water partition coefficient (Wildman–Crippen LogP) is 1.63. The van der Waals surface area contributed by atoms with Gasteiger partial charge >= 0.3 is 0 Å². The Bertz CT molecular complexity index is 539. The lowest BCUT2D eigenvalue weighted by molar-refractivity contribution is -0.127. The van der Waals surface area contributed by atoms with Gasteiger partial charge in [0.25, 0.3) is 5.56 Å². The number of H-pyrrole nitrogens is 1. The molecule has 21 heavy (non-hydrogen) atoms. The Kier molecular flexibility index (Phi) is 6.74. The van der Waals surface area contributed by atoms with Gasteiger partial charge in [0, 0.05) is 13.1 Å². The Hall–Kier alpha value is -1.50. The van der Waals surface area contributed by atoms with Gasteiger partial charge in [0.15, 0.2) is 5.16 Å². The first-order valence-corrected chi connectivity index (χ1v) is 8.10. The van der Waals surface area contributed by atoms with Gasteiger partial charge in [0.05, 0.1) is 11.3 Å². The van der Waals surface area contributed by atoms with Gasteiger partial charge in [-0.15, -0.1) is 0 Å². The van der Waals surface area contributed by atoms with Gasteiger partial charge in [-0.3, -0.25) is 9.59 Å². The number of carbonyl (C=O) groups is 1. The molecule has 0 spiro atoms. The fraction of sp³-hybridized carbons (Fsp3) is 0.643. The van der Waals surface area contributed by atoms with Crippen LogP contribution < -0.4 is 5.56 Å². The van der Waals surface area contributed by atoms with Crippen LogP contribution in [-0.4, -0.2) is 44.7 Å². The highest BCUT2D eigenvalue weighted by Crippen LogP contribution is 2.18. The number of amides is 1. The first-order chi connectivity index (χ1) is 9.88. The second kappa shape index (κ2) is 8.07. The van der Waals surface area contributed by atoms with Crippen molar-refractivity contribution < 1.29 is 9.90 Å². The Morgan fingerprint density at radius 1 is 1.38 bits per heavy atom. The van der Waals surface area contributed by atoms with Gasteiger partial charge < -0.3 is 15.0 Å². The van der Waals surface area contributed by atoms with Crippen molar-refractivity contribution in [2.45, 2.75) is 39.3 Å². The molecule has 1 heterocycles. The highest BCUT2D eigenvalue weighted by molar-refractivity contribution is 7.99. The van der Waals surface area contributed by atoms with Gasteiger partial charge in [-0.1, -0.05) is 25.6 Å². The van der Waals surface area contributed by atoms with Crippen molar-refractivity contribution in [1.29, 1.82) is 0 Å². The average molecular weight is 313 g/mol. The maximum atomic E-state index is 11.9. The molecule has 7 heteroatoms. The van der Waals surface area contributed by atoms with E-state index in [1.807, 2.05) is 27.7 Å². The van der Waals surface area contributed by atoms with E-state index in [2.05, 4.69) is 9.97 Å². The van der Waals surface area contributed by atoms with Crippen molar-refractivity contribution in [2.24, 2.45) is 5.92 Å². The number of hydrogen-bond donors (Lipinski definition) is 2. The Balaban J connectivity index is 2.78. The number of carbonyl (C=O) groups excluding carboxylic acids is 1. The minimum atomic E-state index is -0.339. The summed E-state index contributed by atoms with van der Waals surface area (Å²) in [6.45, 7) is 9.06. The fourth-order valence-corrected chi connectivity index (χ4v) is 2.68. The molecule has 0 fully saturated rings. The summed E-state index contributed by atoms with van der Waals surface area (Å²) in [7, 11) is 0. The third-order valence-corrected chi connectivity index (χ3v) is 3.89. The van der Waals surface area contributed by atoms with E-state index in [9.17, 15) is 14.7 Å². The zero-order valence-electron chi connectivity index (χ0n) is 13.0. The van der Waals surface area contributed by atoms with E-state index >= 15 is 0 Å². The molecule has 1 aromatic rings. The molecule has 0 aliphatic rings. The monoisotopic (exact) mass is 313 g/mol. The molecule has 6 nitrogen and oxygen atoms in total. The molecule has 0 bridgehead atoms. The molecular weight excluding hydrogens is 290 g/mol. The Morgan fingerprint density at radius 2 is 2.00 bits per heavy atom. The highest BCUT2D eigenvalue weighted by atomic mass is 32.2. The highest BCUT2D eigenvalue weighted by Gasteiger charge is 2.15. The van der Waals surface area contributed by atoms with Crippen molar-refractivity contribution in [3.8, 4) is 5.88 Å². The second-order valence-electron chi connectivity index (χ2n) is 5.13. The molecule has 0 atom stereocenters. The topological polar surface area (TPSA) is 86.3 Å². The molecule has 0 saturated carbocycles. The number of aromatic amines is 1. The molecule has 0 aliphatic carbocycles. The van der Waals surface area contributed by atoms with Crippen molar-refractivity contribution in [2.75, 3.05) is 18.8 Å². The zero-order chi connectivity index (χ0) is 16.0. The average Bonchev–Trinajstić information content (AvgIpc) is 2.41. The van der Waals surface area contributed by atoms with Crippen molar-refractivity contribution in [1.82, 2.24) is 14.9 Å². The standard InChI is InChI=1S/C14H23N3O3S/c1-5-17(6-2)11(18)8-21-14-15-12(19)10(7-9(3)4)13(20)16-14/h9H,5-8H2,1-4H3,(H2,15,16,19,20). The zero-order valence-corrected chi connectivity index (χ0v) is 13.8. The molecule has 1 aromatic heterocycles. The number of aromatic nitrogens is 2. The number of rotatable bonds is 7. The summed E-state index contributed by atoms with van der Waals surface area (Å²) in [5.41, 5.74) is -0.0431. The van der Waals surface area contributed by atoms with E-state index < -0.39 is 0 Å². The molecule has 0 aliphatic heterocycles. The number of hydrogen-bond acceptors (Lipinski definition) is 5. The lowest BCUT2D eigenvalue weighted by Gasteiger charge is -2.17. The summed E-state index contributed by atoms with van der Waals surface area (Å²) in [6, 6.07) is 0. The van der Waals surface area contributed by atoms with E-state index in [0.717, 1.165) is 11.8 Å². The number of thioether (sulfide) groups is 1. The molecule has 118 valence electrons. The maximum absolute atomic E-state index is 11.9. The molecule has 0 unspecified atom stereocenters.